The van der Waals surface area contributed by atoms with Gasteiger partial charge in [-0.2, -0.15) is 0 Å². The number of benzene rings is 3. The molecule has 192 valence electrons. The second-order valence-electron chi connectivity index (χ2n) is 9.20. The van der Waals surface area contributed by atoms with Crippen LogP contribution in [0.25, 0.3) is 5.76 Å². The summed E-state index contributed by atoms with van der Waals surface area (Å²) in [6.07, 6.45) is -0.0549. The first-order valence-electron chi connectivity index (χ1n) is 12.1. The van der Waals surface area contributed by atoms with Crippen molar-refractivity contribution >= 4 is 17.4 Å². The number of Topliss-reactive ketones (excluding diaryl/α,β-unsaturated/α-hetero) is 1. The summed E-state index contributed by atoms with van der Waals surface area (Å²) >= 11 is 0. The van der Waals surface area contributed by atoms with Crippen LogP contribution in [0.3, 0.4) is 0 Å². The molecule has 1 heterocycles. The Bertz CT molecular complexity index is 1360. The monoisotopic (exact) mass is 501 g/mol. The number of hydrogen-bond donors (Lipinski definition) is 1. The average Bonchev–Trinajstić information content (AvgIpc) is 3.13. The number of amides is 1. The molecule has 1 unspecified atom stereocenters. The zero-order valence-electron chi connectivity index (χ0n) is 21.6. The zero-order chi connectivity index (χ0) is 26.7. The van der Waals surface area contributed by atoms with Crippen molar-refractivity contribution < 1.29 is 28.9 Å². The Morgan fingerprint density at radius 1 is 0.946 bits per heavy atom. The van der Waals surface area contributed by atoms with E-state index in [0.717, 1.165) is 11.1 Å². The van der Waals surface area contributed by atoms with E-state index in [1.807, 2.05) is 69.3 Å². The van der Waals surface area contributed by atoms with Crippen LogP contribution in [-0.4, -0.2) is 42.0 Å². The maximum atomic E-state index is 13.4. The topological polar surface area (TPSA) is 85.3 Å². The SMILES string of the molecule is COc1cccc(CN2C(=O)C(=O)/C(=C(/O)c3ccc(OC)c(C)c3)C2c2cccc(OC(C)C)c2)c1. The summed E-state index contributed by atoms with van der Waals surface area (Å²) in [7, 11) is 3.14. The summed E-state index contributed by atoms with van der Waals surface area (Å²) in [5.41, 5.74) is 2.70. The first-order chi connectivity index (χ1) is 17.7. The number of hydrogen-bond acceptors (Lipinski definition) is 6. The minimum absolute atomic E-state index is 0.0270. The molecule has 3 aromatic rings. The Morgan fingerprint density at radius 3 is 2.35 bits per heavy atom. The molecule has 1 saturated heterocycles. The molecule has 1 aliphatic heterocycles. The van der Waals surface area contributed by atoms with Gasteiger partial charge in [0.15, 0.2) is 0 Å². The Labute approximate surface area is 216 Å². The fourth-order valence-corrected chi connectivity index (χ4v) is 4.57. The summed E-state index contributed by atoms with van der Waals surface area (Å²) in [5, 5.41) is 11.4. The van der Waals surface area contributed by atoms with Crippen molar-refractivity contribution in [2.24, 2.45) is 0 Å². The Hall–Kier alpha value is -4.26. The van der Waals surface area contributed by atoms with E-state index in [1.165, 1.54) is 4.90 Å². The fraction of sp³-hybridized carbons (Fsp3) is 0.267. The molecule has 1 aliphatic rings. The molecular weight excluding hydrogens is 470 g/mol. The minimum atomic E-state index is -0.815. The molecule has 0 aliphatic carbocycles. The normalized spacial score (nSPS) is 16.8. The average molecular weight is 502 g/mol. The predicted octanol–water partition coefficient (Wildman–Crippen LogP) is 5.42. The van der Waals surface area contributed by atoms with Crippen LogP contribution in [0.5, 0.6) is 17.2 Å². The highest BCUT2D eigenvalue weighted by molar-refractivity contribution is 6.46. The highest BCUT2D eigenvalue weighted by Gasteiger charge is 2.46. The van der Waals surface area contributed by atoms with E-state index >= 15 is 0 Å². The molecule has 0 aromatic heterocycles. The molecule has 37 heavy (non-hydrogen) atoms. The molecule has 3 aromatic carbocycles. The molecule has 0 saturated carbocycles. The molecule has 0 bridgehead atoms. The van der Waals surface area contributed by atoms with E-state index in [4.69, 9.17) is 14.2 Å². The van der Waals surface area contributed by atoms with Gasteiger partial charge >= 0.3 is 0 Å². The lowest BCUT2D eigenvalue weighted by molar-refractivity contribution is -0.140. The minimum Gasteiger partial charge on any atom is -0.507 e. The van der Waals surface area contributed by atoms with Gasteiger partial charge in [0.25, 0.3) is 11.7 Å². The smallest absolute Gasteiger partial charge is 0.295 e. The van der Waals surface area contributed by atoms with E-state index < -0.39 is 17.7 Å². The quantitative estimate of drug-likeness (QED) is 0.252. The number of aliphatic hydroxyl groups is 1. The van der Waals surface area contributed by atoms with Gasteiger partial charge in [-0.3, -0.25) is 9.59 Å². The first kappa shape index (κ1) is 25.8. The third kappa shape index (κ3) is 5.31. The van der Waals surface area contributed by atoms with Crippen LogP contribution in [-0.2, 0) is 16.1 Å². The van der Waals surface area contributed by atoms with Crippen molar-refractivity contribution in [1.82, 2.24) is 4.90 Å². The Balaban J connectivity index is 1.86. The summed E-state index contributed by atoms with van der Waals surface area (Å²) in [4.78, 5) is 28.3. The second-order valence-corrected chi connectivity index (χ2v) is 9.20. The molecule has 0 spiro atoms. The number of rotatable bonds is 8. The van der Waals surface area contributed by atoms with Crippen LogP contribution >= 0.6 is 0 Å². The van der Waals surface area contributed by atoms with Crippen molar-refractivity contribution in [3.63, 3.8) is 0 Å². The predicted molar refractivity (Wildman–Crippen MR) is 141 cm³/mol. The summed E-state index contributed by atoms with van der Waals surface area (Å²) in [6, 6.07) is 18.9. The lowest BCUT2D eigenvalue weighted by atomic mass is 9.94. The highest BCUT2D eigenvalue weighted by Crippen LogP contribution is 2.41. The van der Waals surface area contributed by atoms with Gasteiger partial charge in [-0.05, 0) is 79.9 Å². The number of carbonyl (C=O) groups excluding carboxylic acids is 2. The standard InChI is InChI=1S/C30H31NO6/c1-18(2)37-24-11-7-9-21(16-24)27-26(28(32)22-12-13-25(36-5)19(3)14-22)29(33)30(34)31(27)17-20-8-6-10-23(15-20)35-4/h6-16,18,27,32H,17H2,1-5H3/b28-26+. The third-order valence-electron chi connectivity index (χ3n) is 6.24. The van der Waals surface area contributed by atoms with Gasteiger partial charge in [0.1, 0.15) is 23.0 Å². The van der Waals surface area contributed by atoms with Crippen molar-refractivity contribution in [2.45, 2.75) is 39.5 Å². The van der Waals surface area contributed by atoms with E-state index in [9.17, 15) is 14.7 Å². The molecule has 1 N–H and O–H groups in total. The first-order valence-corrected chi connectivity index (χ1v) is 12.1. The summed E-state index contributed by atoms with van der Waals surface area (Å²) in [6.45, 7) is 5.85. The third-order valence-corrected chi connectivity index (χ3v) is 6.24. The van der Waals surface area contributed by atoms with Crippen molar-refractivity contribution in [2.75, 3.05) is 14.2 Å². The van der Waals surface area contributed by atoms with Gasteiger partial charge in [-0.25, -0.2) is 0 Å². The number of carbonyl (C=O) groups is 2. The number of aryl methyl sites for hydroxylation is 1. The highest BCUT2D eigenvalue weighted by atomic mass is 16.5. The summed E-state index contributed by atoms with van der Waals surface area (Å²) < 4.78 is 16.5. The molecule has 1 amide bonds. The lowest BCUT2D eigenvalue weighted by Gasteiger charge is -2.26. The number of ether oxygens (including phenoxy) is 3. The van der Waals surface area contributed by atoms with Gasteiger partial charge < -0.3 is 24.2 Å². The summed E-state index contributed by atoms with van der Waals surface area (Å²) in [5.74, 6) is 0.248. The largest absolute Gasteiger partial charge is 0.507 e. The maximum absolute atomic E-state index is 13.4. The van der Waals surface area contributed by atoms with E-state index in [1.54, 1.807) is 32.4 Å². The van der Waals surface area contributed by atoms with Crippen LogP contribution in [0.1, 0.15) is 42.1 Å². The number of methoxy groups -OCH3 is 2. The van der Waals surface area contributed by atoms with Crippen LogP contribution in [0.15, 0.2) is 72.3 Å². The zero-order valence-corrected chi connectivity index (χ0v) is 21.6. The number of ketones is 1. The number of likely N-dealkylation sites (tertiary alicyclic amines) is 1. The van der Waals surface area contributed by atoms with E-state index in [-0.39, 0.29) is 24.0 Å². The Morgan fingerprint density at radius 2 is 1.68 bits per heavy atom. The Kier molecular flexibility index (Phi) is 7.53. The van der Waals surface area contributed by atoms with E-state index in [2.05, 4.69) is 0 Å². The van der Waals surface area contributed by atoms with Crippen LogP contribution in [0.4, 0.5) is 0 Å². The van der Waals surface area contributed by atoms with Gasteiger partial charge in [0.2, 0.25) is 0 Å². The number of aliphatic hydroxyl groups excluding tert-OH is 1. The second kappa shape index (κ2) is 10.8. The maximum Gasteiger partial charge on any atom is 0.295 e. The van der Waals surface area contributed by atoms with E-state index in [0.29, 0.717) is 28.4 Å². The van der Waals surface area contributed by atoms with Gasteiger partial charge in [0.05, 0.1) is 31.9 Å². The molecule has 7 heteroatoms. The van der Waals surface area contributed by atoms with Gasteiger partial charge in [0, 0.05) is 12.1 Å². The van der Waals surface area contributed by atoms with Crippen molar-refractivity contribution in [3.05, 3.63) is 94.6 Å². The van der Waals surface area contributed by atoms with Crippen LogP contribution in [0.2, 0.25) is 0 Å². The van der Waals surface area contributed by atoms with Crippen LogP contribution in [0, 0.1) is 6.92 Å². The molecule has 1 fully saturated rings. The molecule has 7 nitrogen and oxygen atoms in total. The van der Waals surface area contributed by atoms with Gasteiger partial charge in [-0.1, -0.05) is 24.3 Å². The van der Waals surface area contributed by atoms with Crippen molar-refractivity contribution in [1.29, 1.82) is 0 Å². The molecule has 1 atom stereocenters. The van der Waals surface area contributed by atoms with Gasteiger partial charge in [-0.15, -0.1) is 0 Å². The molecule has 0 radical (unpaired) electrons. The fourth-order valence-electron chi connectivity index (χ4n) is 4.57. The lowest BCUT2D eigenvalue weighted by Crippen LogP contribution is -2.29. The van der Waals surface area contributed by atoms with Crippen LogP contribution < -0.4 is 14.2 Å². The molecule has 4 rings (SSSR count). The van der Waals surface area contributed by atoms with Crippen molar-refractivity contribution in [3.8, 4) is 17.2 Å². The molecular formula is C30H31NO6. The number of nitrogens with zero attached hydrogens (tertiary/aromatic N) is 1.